The molecule has 1 N–H and O–H groups in total. The number of piperidine rings is 1. The number of unbranched alkanes of at least 4 members (excludes halogenated alkanes) is 1. The van der Waals surface area contributed by atoms with E-state index in [4.69, 9.17) is 4.18 Å². The van der Waals surface area contributed by atoms with Gasteiger partial charge in [0.15, 0.2) is 9.84 Å². The highest BCUT2D eigenvalue weighted by atomic mass is 32.2. The van der Waals surface area contributed by atoms with Crippen molar-refractivity contribution < 1.29 is 40.2 Å². The van der Waals surface area contributed by atoms with Gasteiger partial charge in [-0.25, -0.2) is 8.42 Å². The van der Waals surface area contributed by atoms with Gasteiger partial charge in [0.1, 0.15) is 6.04 Å². The lowest BCUT2D eigenvalue weighted by Gasteiger charge is -2.27. The number of benzene rings is 2. The molecule has 0 spiro atoms. The number of imide groups is 2. The van der Waals surface area contributed by atoms with Gasteiger partial charge in [0.2, 0.25) is 11.8 Å². The molecule has 37 heavy (non-hydrogen) atoms. The second-order valence-electron chi connectivity index (χ2n) is 8.74. The van der Waals surface area contributed by atoms with Crippen LogP contribution in [0.4, 0.5) is 0 Å². The topological polar surface area (TPSA) is 161 Å². The monoisotopic (exact) mass is 548 g/mol. The molecule has 1 unspecified atom stereocenters. The zero-order valence-electron chi connectivity index (χ0n) is 19.8. The molecule has 2 aromatic rings. The summed E-state index contributed by atoms with van der Waals surface area (Å²) in [6.45, 7) is 1.58. The van der Waals surface area contributed by atoms with Crippen LogP contribution in [0.3, 0.4) is 0 Å². The minimum absolute atomic E-state index is 0.00526. The SMILES string of the molecule is Cc1ccc(S(=O)(=O)OCCCCS(=O)(=O)c2cccc3c2C(=O)N(C2CCC(=O)NC2=O)C3=O)cc1. The van der Waals surface area contributed by atoms with E-state index in [9.17, 15) is 36.0 Å². The predicted octanol–water partition coefficient (Wildman–Crippen LogP) is 1.36. The summed E-state index contributed by atoms with van der Waals surface area (Å²) >= 11 is 0. The number of amides is 4. The van der Waals surface area contributed by atoms with Crippen LogP contribution >= 0.6 is 0 Å². The van der Waals surface area contributed by atoms with Crippen molar-refractivity contribution in [1.82, 2.24) is 10.2 Å². The van der Waals surface area contributed by atoms with Crippen LogP contribution < -0.4 is 5.32 Å². The first-order valence-corrected chi connectivity index (χ1v) is 14.5. The van der Waals surface area contributed by atoms with Crippen LogP contribution in [0.5, 0.6) is 0 Å². The molecule has 1 fully saturated rings. The molecule has 0 aromatic heterocycles. The van der Waals surface area contributed by atoms with Crippen molar-refractivity contribution in [3.63, 3.8) is 0 Å². The molecule has 196 valence electrons. The highest BCUT2D eigenvalue weighted by molar-refractivity contribution is 7.91. The molecule has 4 amide bonds. The Morgan fingerprint density at radius 3 is 2.32 bits per heavy atom. The Balaban J connectivity index is 1.43. The van der Waals surface area contributed by atoms with Crippen molar-refractivity contribution in [2.45, 2.75) is 48.4 Å². The molecule has 1 atom stereocenters. The molecule has 2 aliphatic heterocycles. The molecule has 0 bridgehead atoms. The van der Waals surface area contributed by atoms with E-state index < -0.39 is 55.4 Å². The van der Waals surface area contributed by atoms with Crippen molar-refractivity contribution in [2.75, 3.05) is 12.4 Å². The number of nitrogens with one attached hydrogen (secondary N) is 1. The second kappa shape index (κ2) is 10.1. The van der Waals surface area contributed by atoms with Crippen LogP contribution in [0, 0.1) is 6.92 Å². The van der Waals surface area contributed by atoms with Gasteiger partial charge in [-0.15, -0.1) is 0 Å². The van der Waals surface area contributed by atoms with Gasteiger partial charge in [-0.1, -0.05) is 23.8 Å². The quantitative estimate of drug-likeness (QED) is 0.277. The summed E-state index contributed by atoms with van der Waals surface area (Å²) < 4.78 is 55.7. The molecule has 0 radical (unpaired) electrons. The highest BCUT2D eigenvalue weighted by Gasteiger charge is 2.46. The molecule has 4 rings (SSSR count). The molecule has 13 heteroatoms. The molecule has 11 nitrogen and oxygen atoms in total. The fraction of sp³-hybridized carbons (Fsp3) is 0.333. The van der Waals surface area contributed by atoms with Gasteiger partial charge in [-0.2, -0.15) is 8.42 Å². The lowest BCUT2D eigenvalue weighted by atomic mass is 10.0. The summed E-state index contributed by atoms with van der Waals surface area (Å²) in [6, 6.07) is 8.75. The zero-order chi connectivity index (χ0) is 27.0. The third-order valence-corrected chi connectivity index (χ3v) is 9.28. The van der Waals surface area contributed by atoms with E-state index in [0.717, 1.165) is 5.56 Å². The van der Waals surface area contributed by atoms with Gasteiger partial charge in [-0.3, -0.25) is 33.6 Å². The first kappa shape index (κ1) is 26.6. The smallest absolute Gasteiger partial charge is 0.295 e. The lowest BCUT2D eigenvalue weighted by molar-refractivity contribution is -0.136. The Bertz CT molecular complexity index is 1500. The van der Waals surface area contributed by atoms with Gasteiger partial charge in [-0.05, 0) is 50.5 Å². The summed E-state index contributed by atoms with van der Waals surface area (Å²) in [7, 11) is -8.03. The summed E-state index contributed by atoms with van der Waals surface area (Å²) in [5, 5.41) is 2.09. The molecule has 2 aromatic carbocycles. The summed E-state index contributed by atoms with van der Waals surface area (Å²) in [5.41, 5.74) is 0.440. The molecule has 2 aliphatic rings. The average molecular weight is 549 g/mol. The van der Waals surface area contributed by atoms with Crippen LogP contribution in [-0.2, 0) is 33.7 Å². The molecular formula is C24H24N2O9S2. The predicted molar refractivity (Wildman–Crippen MR) is 129 cm³/mol. The maximum Gasteiger partial charge on any atom is 0.296 e. The molecule has 2 heterocycles. The van der Waals surface area contributed by atoms with E-state index in [1.807, 2.05) is 6.92 Å². The number of carbonyl (C=O) groups excluding carboxylic acids is 4. The van der Waals surface area contributed by atoms with Crippen molar-refractivity contribution in [3.05, 3.63) is 59.2 Å². The summed E-state index contributed by atoms with van der Waals surface area (Å²) in [6.07, 6.45) is 0.0312. The Morgan fingerprint density at radius 1 is 0.946 bits per heavy atom. The number of nitrogens with zero attached hydrogens (tertiary/aromatic N) is 1. The van der Waals surface area contributed by atoms with Crippen LogP contribution in [0.25, 0.3) is 0 Å². The Labute approximate surface area is 213 Å². The molecule has 0 saturated carbocycles. The third kappa shape index (κ3) is 5.33. The maximum absolute atomic E-state index is 13.1. The van der Waals surface area contributed by atoms with E-state index in [-0.39, 0.29) is 53.2 Å². The molecule has 0 aliphatic carbocycles. The Morgan fingerprint density at radius 2 is 1.65 bits per heavy atom. The number of sulfone groups is 1. The lowest BCUT2D eigenvalue weighted by Crippen LogP contribution is -2.54. The zero-order valence-corrected chi connectivity index (χ0v) is 21.4. The number of aryl methyl sites for hydroxylation is 1. The minimum Gasteiger partial charge on any atom is -0.295 e. The van der Waals surface area contributed by atoms with Gasteiger partial charge in [0.05, 0.1) is 33.3 Å². The third-order valence-electron chi connectivity index (χ3n) is 6.12. The standard InChI is InChI=1S/C24H24N2O9S2/c1-15-7-9-16(10-8-15)37(33,34)35-13-2-3-14-36(31,32)19-6-4-5-17-21(19)24(30)26(23(17)29)18-11-12-20(27)25-22(18)28/h4-10,18H,2-3,11-14H2,1H3,(H,25,27,28). The Kier molecular flexibility index (Phi) is 7.31. The fourth-order valence-electron chi connectivity index (χ4n) is 4.19. The van der Waals surface area contributed by atoms with Gasteiger partial charge >= 0.3 is 0 Å². The van der Waals surface area contributed by atoms with E-state index in [2.05, 4.69) is 5.32 Å². The summed E-state index contributed by atoms with van der Waals surface area (Å²) in [4.78, 5) is 50.1. The average Bonchev–Trinajstić information content (AvgIpc) is 3.09. The number of hydrogen-bond donors (Lipinski definition) is 1. The van der Waals surface area contributed by atoms with Crippen LogP contribution in [0.15, 0.2) is 52.3 Å². The van der Waals surface area contributed by atoms with Crippen LogP contribution in [0.2, 0.25) is 0 Å². The van der Waals surface area contributed by atoms with Gasteiger partial charge in [0.25, 0.3) is 21.9 Å². The number of hydrogen-bond acceptors (Lipinski definition) is 9. The van der Waals surface area contributed by atoms with Crippen molar-refractivity contribution in [2.24, 2.45) is 0 Å². The Hall–Kier alpha value is -3.42. The first-order valence-electron chi connectivity index (χ1n) is 11.5. The van der Waals surface area contributed by atoms with Crippen molar-refractivity contribution in [1.29, 1.82) is 0 Å². The number of carbonyl (C=O) groups is 4. The van der Waals surface area contributed by atoms with E-state index >= 15 is 0 Å². The second-order valence-corrected chi connectivity index (χ2v) is 12.4. The molecular weight excluding hydrogens is 524 g/mol. The number of fused-ring (bicyclic) bond motifs is 1. The van der Waals surface area contributed by atoms with Gasteiger partial charge in [0, 0.05) is 6.42 Å². The van der Waals surface area contributed by atoms with E-state index in [0.29, 0.717) is 4.90 Å². The minimum atomic E-state index is -4.05. The normalized spacial score (nSPS) is 18.2. The van der Waals surface area contributed by atoms with E-state index in [1.54, 1.807) is 12.1 Å². The summed E-state index contributed by atoms with van der Waals surface area (Å²) in [5.74, 6) is -3.45. The maximum atomic E-state index is 13.1. The van der Waals surface area contributed by atoms with Crippen LogP contribution in [-0.4, -0.2) is 63.8 Å². The molecule has 1 saturated heterocycles. The van der Waals surface area contributed by atoms with E-state index in [1.165, 1.54) is 30.3 Å². The van der Waals surface area contributed by atoms with Gasteiger partial charge < -0.3 is 0 Å². The largest absolute Gasteiger partial charge is 0.296 e. The highest BCUT2D eigenvalue weighted by Crippen LogP contribution is 2.32. The van der Waals surface area contributed by atoms with Crippen molar-refractivity contribution in [3.8, 4) is 0 Å². The van der Waals surface area contributed by atoms with Crippen LogP contribution in [0.1, 0.15) is 52.0 Å². The fourth-order valence-corrected chi connectivity index (χ4v) is 6.73. The number of rotatable bonds is 9. The van der Waals surface area contributed by atoms with Crippen molar-refractivity contribution >= 4 is 43.6 Å². The first-order chi connectivity index (χ1) is 17.4.